The number of fused-ring (bicyclic) bond motifs is 2. The van der Waals surface area contributed by atoms with Crippen molar-refractivity contribution in [3.8, 4) is 5.75 Å². The van der Waals surface area contributed by atoms with Gasteiger partial charge in [0.2, 0.25) is 11.6 Å². The molecule has 4 aliphatic rings. The Balaban J connectivity index is 0.00000350. The first-order chi connectivity index (χ1) is 29.9. The fraction of sp³-hybridized carbons (Fsp3) is 0.136. The topological polar surface area (TPSA) is 257 Å². The predicted octanol–water partition coefficient (Wildman–Crippen LogP) is -0.489. The molecule has 0 amide bonds. The van der Waals surface area contributed by atoms with Crippen LogP contribution in [-0.4, -0.2) is 57.4 Å². The zero-order valence-corrected chi connectivity index (χ0v) is 41.2. The largest absolute Gasteiger partial charge is 1.00 e. The maximum absolute atomic E-state index is 13.7. The Bertz CT molecular complexity index is 3140. The van der Waals surface area contributed by atoms with Gasteiger partial charge in [0.05, 0.1) is 21.2 Å². The number of rotatable bonds is 12. The van der Waals surface area contributed by atoms with Crippen LogP contribution in [0.3, 0.4) is 0 Å². The van der Waals surface area contributed by atoms with Gasteiger partial charge in [0.1, 0.15) is 42.3 Å². The van der Waals surface area contributed by atoms with Crippen LogP contribution in [0.1, 0.15) is 59.2 Å². The number of ketones is 3. The molecule has 16 nitrogen and oxygen atoms in total. The zero-order chi connectivity index (χ0) is 44.7. The van der Waals surface area contributed by atoms with Gasteiger partial charge in [-0.1, -0.05) is 73.9 Å². The van der Waals surface area contributed by atoms with E-state index in [-0.39, 0.29) is 92.0 Å². The number of hydrazine groups is 1. The van der Waals surface area contributed by atoms with E-state index in [0.717, 1.165) is 73.6 Å². The van der Waals surface area contributed by atoms with Gasteiger partial charge in [0, 0.05) is 16.6 Å². The third kappa shape index (κ3) is 10.5. The molecule has 0 aromatic heterocycles. The Morgan fingerprint density at radius 2 is 1.28 bits per heavy atom. The summed E-state index contributed by atoms with van der Waals surface area (Å²) in [6, 6.07) is 25.3. The van der Waals surface area contributed by atoms with E-state index < -0.39 is 74.3 Å². The molecule has 0 heterocycles. The predicted molar refractivity (Wildman–Crippen MR) is 229 cm³/mol. The van der Waals surface area contributed by atoms with Crippen molar-refractivity contribution < 1.29 is 112 Å². The number of carbonyl (C=O) groups is 3. The molecule has 0 aliphatic heterocycles. The number of Topliss-reactive ketones (excluding diaryl/α,β-unsaturated/α-hetero) is 2. The number of allylic oxidation sites excluding steroid dienone is 7. The maximum atomic E-state index is 13.7. The van der Waals surface area contributed by atoms with Crippen molar-refractivity contribution in [3.63, 3.8) is 0 Å². The summed E-state index contributed by atoms with van der Waals surface area (Å²) in [5.41, 5.74) is 9.05. The molecule has 8 rings (SSSR count). The van der Waals surface area contributed by atoms with Crippen LogP contribution in [0.25, 0.3) is 6.08 Å². The molecule has 0 radical (unpaired) electrons. The number of hydrazone groups is 1. The van der Waals surface area contributed by atoms with Crippen molar-refractivity contribution in [2.75, 3.05) is 10.9 Å². The van der Waals surface area contributed by atoms with E-state index in [1.54, 1.807) is 30.3 Å². The van der Waals surface area contributed by atoms with Crippen LogP contribution in [0, 0.1) is 0 Å². The fourth-order valence-electron chi connectivity index (χ4n) is 7.94. The normalized spacial score (nSPS) is 17.6. The molecule has 0 atom stereocenters. The molecule has 0 bridgehead atoms. The summed E-state index contributed by atoms with van der Waals surface area (Å²) < 4.78 is 104. The van der Waals surface area contributed by atoms with Crippen LogP contribution in [0.15, 0.2) is 158 Å². The molecule has 1 saturated carbocycles. The molecule has 4 aromatic carbocycles. The van der Waals surface area contributed by atoms with Crippen LogP contribution in [-0.2, 0) is 45.4 Å². The number of benzene rings is 4. The number of hydrogen-bond acceptors (Lipinski definition) is 16. The Kier molecular flexibility index (Phi) is 15.0. The van der Waals surface area contributed by atoms with Gasteiger partial charge in [-0.2, -0.15) is 13.5 Å². The van der Waals surface area contributed by atoms with E-state index in [4.69, 9.17) is 4.18 Å². The van der Waals surface area contributed by atoms with Gasteiger partial charge in [-0.05, 0) is 108 Å². The minimum atomic E-state index is -5.21. The van der Waals surface area contributed by atoms with E-state index in [9.17, 15) is 48.7 Å². The van der Waals surface area contributed by atoms with Gasteiger partial charge < -0.3 is 18.7 Å². The second kappa shape index (κ2) is 19.6. The molecule has 4 aromatic rings. The molecular weight excluding hydrogens is 919 g/mol. The molecule has 21 heteroatoms. The molecule has 4 aliphatic carbocycles. The molecule has 0 unspecified atom stereocenters. The fourth-order valence-corrected chi connectivity index (χ4v) is 10.2. The monoisotopic (exact) mass is 952 g/mol. The molecule has 1 fully saturated rings. The van der Waals surface area contributed by atoms with Gasteiger partial charge >= 0.3 is 69.2 Å². The van der Waals surface area contributed by atoms with Crippen LogP contribution in [0.2, 0.25) is 0 Å². The first-order valence-electron chi connectivity index (χ1n) is 19.3. The summed E-state index contributed by atoms with van der Waals surface area (Å²) in [6.45, 7) is 0. The van der Waals surface area contributed by atoms with Gasteiger partial charge in [-0.3, -0.25) is 25.2 Å². The SMILES string of the molecule is O=C1C=CC2=CC(S(=O)(=O)[O-])=C(NNc3ccc(C4(c5ccc(N/N=C6\C(=O)c7cc(OS(=O)(=O)c8ccccc8)ccc7C=C6S(=O)(=O)[O-])cc5)CCCCC4)cc3)C(=O)C2=C1.[Na+].[Na+]. The second-order valence-corrected chi connectivity index (χ2v) is 19.2. The van der Waals surface area contributed by atoms with Crippen LogP contribution >= 0.6 is 0 Å². The number of nitrogens with zero attached hydrogens (tertiary/aromatic N) is 1. The standard InChI is InChI=1S/C44H36N4O12S3.2Na/c49-33-19-9-27-23-38(61(52,53)54)40(42(50)36(27)25-33)47-45-31-15-11-29(12-16-31)44(21-5-2-6-22-44)30-13-17-32(18-14-30)46-48-41-39(62(55,56)57)24-28-10-20-34(26-37(28)43(41)51)60-63(58,59)35-7-3-1-4-8-35;;/h1,3-4,7-20,23-26,45-47H,2,5-6,21-22H2,(H,52,53,54)(H,55,56,57);;/q;2*+1/p-2/b48-41-;;. The summed E-state index contributed by atoms with van der Waals surface area (Å²) in [6.07, 6.45) is 10.0. The first-order valence-corrected chi connectivity index (χ1v) is 23.5. The van der Waals surface area contributed by atoms with E-state index >= 15 is 0 Å². The minimum Gasteiger partial charge on any atom is -0.744 e. The Hall–Kier alpha value is -4.77. The molecule has 322 valence electrons. The van der Waals surface area contributed by atoms with Crippen molar-refractivity contribution in [1.29, 1.82) is 0 Å². The van der Waals surface area contributed by atoms with Crippen molar-refractivity contribution in [2.45, 2.75) is 42.4 Å². The second-order valence-electron chi connectivity index (χ2n) is 14.9. The molecule has 0 spiro atoms. The van der Waals surface area contributed by atoms with Crippen molar-refractivity contribution >= 4 is 70.9 Å². The first kappa shape index (κ1) is 49.7. The summed E-state index contributed by atoms with van der Waals surface area (Å²) in [7, 11) is -14.6. The molecular formula is C44H34N4Na2O12S3. The summed E-state index contributed by atoms with van der Waals surface area (Å²) in [5, 5.41) is 4.06. The van der Waals surface area contributed by atoms with Gasteiger partial charge in [-0.15, -0.1) is 0 Å². The van der Waals surface area contributed by atoms with Crippen LogP contribution in [0.5, 0.6) is 5.75 Å². The van der Waals surface area contributed by atoms with Crippen molar-refractivity contribution in [3.05, 3.63) is 170 Å². The molecule has 65 heavy (non-hydrogen) atoms. The third-order valence-electron chi connectivity index (χ3n) is 11.0. The van der Waals surface area contributed by atoms with E-state index in [2.05, 4.69) is 21.4 Å². The summed E-state index contributed by atoms with van der Waals surface area (Å²) >= 11 is 0. The number of hydrogen-bond donors (Lipinski definition) is 3. The van der Waals surface area contributed by atoms with Gasteiger partial charge in [-0.25, -0.2) is 16.8 Å². The number of carbonyl (C=O) groups excluding carboxylic acids is 3. The zero-order valence-electron chi connectivity index (χ0n) is 34.7. The maximum Gasteiger partial charge on any atom is 1.00 e. The van der Waals surface area contributed by atoms with E-state index in [0.29, 0.717) is 11.4 Å². The Morgan fingerprint density at radius 3 is 1.89 bits per heavy atom. The Morgan fingerprint density at radius 1 is 0.646 bits per heavy atom. The molecule has 0 saturated heterocycles. The van der Waals surface area contributed by atoms with E-state index in [1.165, 1.54) is 42.5 Å². The van der Waals surface area contributed by atoms with E-state index in [1.807, 2.05) is 24.3 Å². The van der Waals surface area contributed by atoms with Gasteiger partial charge in [0.15, 0.2) is 5.78 Å². The summed E-state index contributed by atoms with van der Waals surface area (Å²) in [4.78, 5) is 37.1. The number of nitrogens with one attached hydrogen (secondary N) is 3. The Labute approximate surface area is 418 Å². The quantitative estimate of drug-likeness (QED) is 0.0701. The van der Waals surface area contributed by atoms with Crippen molar-refractivity contribution in [2.24, 2.45) is 5.10 Å². The minimum absolute atomic E-state index is 0. The smallest absolute Gasteiger partial charge is 0.744 e. The van der Waals surface area contributed by atoms with Crippen LogP contribution < -0.4 is 79.6 Å². The summed E-state index contributed by atoms with van der Waals surface area (Å²) in [5.74, 6) is -2.47. The molecule has 3 N–H and O–H groups in total. The van der Waals surface area contributed by atoms with Crippen molar-refractivity contribution in [1.82, 2.24) is 5.43 Å². The van der Waals surface area contributed by atoms with Crippen LogP contribution in [0.4, 0.5) is 11.4 Å². The van der Waals surface area contributed by atoms with Gasteiger partial charge in [0.25, 0.3) is 0 Å². The average molecular weight is 953 g/mol. The average Bonchev–Trinajstić information content (AvgIpc) is 3.26. The number of anilines is 2. The third-order valence-corrected chi connectivity index (χ3v) is 14.0.